The second kappa shape index (κ2) is 13.9. The van der Waals surface area contributed by atoms with Crippen molar-refractivity contribution in [2.24, 2.45) is 0 Å². The maximum Gasteiger partial charge on any atom is 0.137 e. The van der Waals surface area contributed by atoms with Crippen molar-refractivity contribution >= 4 is 74.1 Å². The lowest BCUT2D eigenvalue weighted by atomic mass is 9.91. The maximum atomic E-state index is 7.01. The molecule has 1 aromatic heterocycles. The number of hydrogen-bond donors (Lipinski definition) is 2. The van der Waals surface area contributed by atoms with Crippen molar-refractivity contribution in [1.82, 2.24) is 0 Å². The summed E-state index contributed by atoms with van der Waals surface area (Å²) in [6, 6.07) is 58.0. The zero-order chi connectivity index (χ0) is 36.7. The normalized spacial score (nSPS) is 13.4. The second-order valence-corrected chi connectivity index (χ2v) is 15.0. The van der Waals surface area contributed by atoms with E-state index in [1.807, 2.05) is 36.5 Å². The molecule has 1 aliphatic heterocycles. The van der Waals surface area contributed by atoms with Gasteiger partial charge in [-0.15, -0.1) is 11.8 Å². The van der Waals surface area contributed by atoms with E-state index >= 15 is 0 Å². The fraction of sp³-hybridized carbons (Fsp3) is 0.0196. The van der Waals surface area contributed by atoms with Crippen molar-refractivity contribution in [2.75, 3.05) is 11.1 Å². The van der Waals surface area contributed by atoms with E-state index in [4.69, 9.17) is 10.2 Å². The van der Waals surface area contributed by atoms with Crippen LogP contribution < -0.4 is 11.1 Å². The summed E-state index contributed by atoms with van der Waals surface area (Å²) in [6.45, 7) is 0. The molecule has 55 heavy (non-hydrogen) atoms. The topological polar surface area (TPSA) is 51.2 Å². The van der Waals surface area contributed by atoms with Crippen molar-refractivity contribution in [1.29, 1.82) is 0 Å². The van der Waals surface area contributed by atoms with Crippen LogP contribution in [0.25, 0.3) is 84.3 Å². The summed E-state index contributed by atoms with van der Waals surface area (Å²) in [5.74, 6) is 0.773. The molecule has 0 fully saturated rings. The standard InChI is InChI=1S/C51H36N2OS/c52-50-44(37-12-2-1-3-13-37)31-48-49(43-16-8-9-17-47(43)54-48)51(50)55-32-33-18-20-36(21-19-33)40-24-25-42-41(28-40)23-22-34-10-4-5-11-35(34)26-27-53-46-30-39-15-7-6-14-38(39)29-45(42)46/h1-31,53H,32,52H2/b23-22-,27-26+. The van der Waals surface area contributed by atoms with Crippen LogP contribution >= 0.6 is 11.8 Å². The van der Waals surface area contributed by atoms with Gasteiger partial charge in [-0.05, 0) is 91.7 Å². The molecule has 9 aromatic rings. The fourth-order valence-corrected chi connectivity index (χ4v) is 8.87. The molecule has 1 aliphatic rings. The summed E-state index contributed by atoms with van der Waals surface area (Å²) in [7, 11) is 0. The Labute approximate surface area is 324 Å². The highest BCUT2D eigenvalue weighted by atomic mass is 32.2. The molecule has 0 atom stereocenters. The van der Waals surface area contributed by atoms with Gasteiger partial charge in [-0.2, -0.15) is 0 Å². The lowest BCUT2D eigenvalue weighted by molar-refractivity contribution is 0.668. The molecule has 0 amide bonds. The Kier molecular flexibility index (Phi) is 8.31. The summed E-state index contributed by atoms with van der Waals surface area (Å²) in [5, 5.41) is 8.21. The molecule has 4 heteroatoms. The molecular formula is C51H36N2OS. The average molecular weight is 725 g/mol. The van der Waals surface area contributed by atoms with Gasteiger partial charge in [-0.3, -0.25) is 0 Å². The Bertz CT molecular complexity index is 2960. The van der Waals surface area contributed by atoms with Gasteiger partial charge in [0, 0.05) is 44.4 Å². The Morgan fingerprint density at radius 3 is 2.04 bits per heavy atom. The third kappa shape index (κ3) is 6.17. The Hall–Kier alpha value is -6.75. The molecule has 10 rings (SSSR count). The number of fused-ring (bicyclic) bond motifs is 8. The maximum absolute atomic E-state index is 7.01. The minimum Gasteiger partial charge on any atom is -0.456 e. The van der Waals surface area contributed by atoms with Gasteiger partial charge in [-0.1, -0.05) is 146 Å². The molecular weight excluding hydrogens is 689 g/mol. The SMILES string of the molecule is Nc1c(-c2ccccc2)cc2oc3ccccc3c2c1SCc1ccc(-c2ccc3c(c2)/C=C\c2ccccc2/C=C/Nc2cc4ccccc4cc2-3)cc1. The molecule has 0 saturated heterocycles. The molecule has 0 bridgehead atoms. The highest BCUT2D eigenvalue weighted by molar-refractivity contribution is 7.99. The van der Waals surface area contributed by atoms with Gasteiger partial charge in [0.05, 0.1) is 5.69 Å². The molecule has 8 aromatic carbocycles. The quantitative estimate of drug-likeness (QED) is 0.137. The van der Waals surface area contributed by atoms with Gasteiger partial charge in [0.2, 0.25) is 0 Å². The first-order valence-electron chi connectivity index (χ1n) is 18.5. The van der Waals surface area contributed by atoms with Crippen LogP contribution in [0.2, 0.25) is 0 Å². The summed E-state index contributed by atoms with van der Waals surface area (Å²) in [5.41, 5.74) is 22.1. The van der Waals surface area contributed by atoms with Crippen LogP contribution in [0.4, 0.5) is 11.4 Å². The van der Waals surface area contributed by atoms with Gasteiger partial charge in [0.25, 0.3) is 0 Å². The van der Waals surface area contributed by atoms with Crippen LogP contribution in [-0.4, -0.2) is 0 Å². The Morgan fingerprint density at radius 2 is 1.20 bits per heavy atom. The van der Waals surface area contributed by atoms with Gasteiger partial charge in [0.1, 0.15) is 11.2 Å². The van der Waals surface area contributed by atoms with Crippen LogP contribution in [0.1, 0.15) is 22.3 Å². The van der Waals surface area contributed by atoms with Crippen LogP contribution in [0, 0.1) is 0 Å². The molecule has 0 aliphatic carbocycles. The Morgan fingerprint density at radius 1 is 0.509 bits per heavy atom. The number of para-hydroxylation sites is 1. The predicted molar refractivity (Wildman–Crippen MR) is 236 cm³/mol. The molecule has 3 nitrogen and oxygen atoms in total. The van der Waals surface area contributed by atoms with E-state index in [2.05, 4.69) is 157 Å². The molecule has 262 valence electrons. The van der Waals surface area contributed by atoms with E-state index in [9.17, 15) is 0 Å². The molecule has 2 heterocycles. The van der Waals surface area contributed by atoms with E-state index in [1.165, 1.54) is 44.2 Å². The van der Waals surface area contributed by atoms with Crippen molar-refractivity contribution < 1.29 is 4.42 Å². The number of benzene rings is 8. The minimum absolute atomic E-state index is 0.773. The zero-order valence-electron chi connectivity index (χ0n) is 30.0. The van der Waals surface area contributed by atoms with E-state index in [1.54, 1.807) is 11.8 Å². The van der Waals surface area contributed by atoms with Crippen molar-refractivity contribution in [3.8, 4) is 33.4 Å². The van der Waals surface area contributed by atoms with E-state index in [0.29, 0.717) is 0 Å². The fourth-order valence-electron chi connectivity index (χ4n) is 7.74. The monoisotopic (exact) mass is 724 g/mol. The summed E-state index contributed by atoms with van der Waals surface area (Å²) in [4.78, 5) is 1.06. The summed E-state index contributed by atoms with van der Waals surface area (Å²) < 4.78 is 6.38. The first-order chi connectivity index (χ1) is 27.2. The summed E-state index contributed by atoms with van der Waals surface area (Å²) >= 11 is 1.77. The van der Waals surface area contributed by atoms with Gasteiger partial charge in [-0.25, -0.2) is 0 Å². The van der Waals surface area contributed by atoms with Crippen LogP contribution in [-0.2, 0) is 5.75 Å². The number of nitrogens with two attached hydrogens (primary N) is 1. The van der Waals surface area contributed by atoms with E-state index in [0.717, 1.165) is 66.2 Å². The lowest BCUT2D eigenvalue weighted by Crippen LogP contribution is -1.95. The number of rotatable bonds is 5. The van der Waals surface area contributed by atoms with Gasteiger partial charge in [0.15, 0.2) is 0 Å². The van der Waals surface area contributed by atoms with Gasteiger partial charge < -0.3 is 15.5 Å². The largest absolute Gasteiger partial charge is 0.456 e. The third-order valence-corrected chi connectivity index (χ3v) is 11.8. The molecule has 0 radical (unpaired) electrons. The smallest absolute Gasteiger partial charge is 0.137 e. The van der Waals surface area contributed by atoms with Gasteiger partial charge >= 0.3 is 0 Å². The lowest BCUT2D eigenvalue weighted by Gasteiger charge is -2.16. The third-order valence-electron chi connectivity index (χ3n) is 10.6. The van der Waals surface area contributed by atoms with Crippen molar-refractivity contribution in [2.45, 2.75) is 10.6 Å². The number of furan rings is 1. The minimum atomic E-state index is 0.773. The van der Waals surface area contributed by atoms with E-state index in [-0.39, 0.29) is 0 Å². The van der Waals surface area contributed by atoms with Crippen LogP contribution in [0.3, 0.4) is 0 Å². The van der Waals surface area contributed by atoms with Crippen molar-refractivity contribution in [3.05, 3.63) is 192 Å². The number of nitrogens with one attached hydrogen (secondary N) is 1. The number of thioether (sulfide) groups is 1. The number of anilines is 2. The van der Waals surface area contributed by atoms with Crippen LogP contribution in [0.5, 0.6) is 0 Å². The predicted octanol–water partition coefficient (Wildman–Crippen LogP) is 14.2. The van der Waals surface area contributed by atoms with Crippen molar-refractivity contribution in [3.63, 3.8) is 0 Å². The molecule has 0 spiro atoms. The molecule has 0 unspecified atom stereocenters. The summed E-state index contributed by atoms with van der Waals surface area (Å²) in [6.07, 6.45) is 8.68. The second-order valence-electron chi connectivity index (χ2n) is 14.0. The first kappa shape index (κ1) is 32.9. The number of hydrogen-bond acceptors (Lipinski definition) is 4. The Balaban J connectivity index is 1.00. The zero-order valence-corrected chi connectivity index (χ0v) is 30.8. The first-order valence-corrected chi connectivity index (χ1v) is 19.5. The average Bonchev–Trinajstić information content (AvgIpc) is 3.60. The highest BCUT2D eigenvalue weighted by Gasteiger charge is 2.19. The van der Waals surface area contributed by atoms with E-state index < -0.39 is 0 Å². The number of nitrogen functional groups attached to an aromatic ring is 1. The highest BCUT2D eigenvalue weighted by Crippen LogP contribution is 2.45. The molecule has 0 saturated carbocycles. The molecule has 3 N–H and O–H groups in total. The van der Waals surface area contributed by atoms with Crippen LogP contribution in [0.15, 0.2) is 179 Å².